The Balaban J connectivity index is 1.68. The first-order chi connectivity index (χ1) is 8.29. The highest BCUT2D eigenvalue weighted by Crippen LogP contribution is 2.22. The van der Waals surface area contributed by atoms with Crippen LogP contribution in [0.15, 0.2) is 0 Å². The summed E-state index contributed by atoms with van der Waals surface area (Å²) in [5.41, 5.74) is 0. The van der Waals surface area contributed by atoms with Crippen molar-refractivity contribution in [1.29, 1.82) is 0 Å². The molecule has 0 unspecified atom stereocenters. The van der Waals surface area contributed by atoms with E-state index in [0.717, 1.165) is 12.1 Å². The standard InChI is InChI=1S/C12H23I2N3/c13-5-6-15-11-1-7-16(8-2-11)12-3-9-17(14)10-4-12/h11-12,15H,1-10H2. The van der Waals surface area contributed by atoms with Crippen LogP contribution in [0.4, 0.5) is 0 Å². The second-order valence-corrected chi connectivity index (χ2v) is 7.54. The predicted octanol–water partition coefficient (Wildman–Crippen LogP) is 2.29. The van der Waals surface area contributed by atoms with Gasteiger partial charge in [-0.25, -0.2) is 3.11 Å². The lowest BCUT2D eigenvalue weighted by Gasteiger charge is -2.40. The zero-order valence-electron chi connectivity index (χ0n) is 10.4. The van der Waals surface area contributed by atoms with Gasteiger partial charge < -0.3 is 10.2 Å². The molecule has 0 aromatic rings. The maximum Gasteiger partial charge on any atom is 0.0201 e. The summed E-state index contributed by atoms with van der Waals surface area (Å²) in [5.74, 6) is 0. The minimum absolute atomic E-state index is 0.783. The first kappa shape index (κ1) is 14.7. The summed E-state index contributed by atoms with van der Waals surface area (Å²) >= 11 is 4.91. The highest BCUT2D eigenvalue weighted by Gasteiger charge is 2.27. The number of nitrogens with one attached hydrogen (secondary N) is 1. The van der Waals surface area contributed by atoms with Gasteiger partial charge in [-0.1, -0.05) is 22.6 Å². The highest BCUT2D eigenvalue weighted by molar-refractivity contribution is 14.1. The Kier molecular flexibility index (Phi) is 6.78. The van der Waals surface area contributed by atoms with E-state index in [1.807, 2.05) is 0 Å². The minimum atomic E-state index is 0.783. The van der Waals surface area contributed by atoms with E-state index in [9.17, 15) is 0 Å². The molecule has 17 heavy (non-hydrogen) atoms. The van der Waals surface area contributed by atoms with Gasteiger partial charge in [0.2, 0.25) is 0 Å². The van der Waals surface area contributed by atoms with Crippen molar-refractivity contribution in [3.8, 4) is 0 Å². The smallest absolute Gasteiger partial charge is 0.0201 e. The monoisotopic (exact) mass is 463 g/mol. The average Bonchev–Trinajstić information content (AvgIpc) is 2.38. The van der Waals surface area contributed by atoms with Crippen LogP contribution in [-0.2, 0) is 0 Å². The summed E-state index contributed by atoms with van der Waals surface area (Å²) in [6.45, 7) is 6.35. The molecule has 0 saturated carbocycles. The summed E-state index contributed by atoms with van der Waals surface area (Å²) in [7, 11) is 0. The lowest BCUT2D eigenvalue weighted by Crippen LogP contribution is -2.49. The van der Waals surface area contributed by atoms with Crippen LogP contribution < -0.4 is 5.32 Å². The van der Waals surface area contributed by atoms with Crippen LogP contribution >= 0.6 is 45.5 Å². The van der Waals surface area contributed by atoms with E-state index in [2.05, 4.69) is 58.8 Å². The Morgan fingerprint density at radius 1 is 1.00 bits per heavy atom. The van der Waals surface area contributed by atoms with E-state index in [-0.39, 0.29) is 0 Å². The van der Waals surface area contributed by atoms with Gasteiger partial charge in [0.1, 0.15) is 0 Å². The van der Waals surface area contributed by atoms with Crippen LogP contribution in [0.25, 0.3) is 0 Å². The Morgan fingerprint density at radius 3 is 2.24 bits per heavy atom. The van der Waals surface area contributed by atoms with E-state index < -0.39 is 0 Å². The van der Waals surface area contributed by atoms with Crippen molar-refractivity contribution < 1.29 is 0 Å². The van der Waals surface area contributed by atoms with Gasteiger partial charge in [-0.3, -0.25) is 0 Å². The molecule has 5 heteroatoms. The number of hydrogen-bond donors (Lipinski definition) is 1. The lowest BCUT2D eigenvalue weighted by molar-refractivity contribution is 0.110. The van der Waals surface area contributed by atoms with Crippen LogP contribution in [0.2, 0.25) is 0 Å². The normalized spacial score (nSPS) is 26.5. The van der Waals surface area contributed by atoms with Crippen molar-refractivity contribution >= 4 is 45.5 Å². The largest absolute Gasteiger partial charge is 0.313 e. The van der Waals surface area contributed by atoms with Gasteiger partial charge >= 0.3 is 0 Å². The van der Waals surface area contributed by atoms with Gasteiger partial charge in [0.05, 0.1) is 0 Å². The maximum atomic E-state index is 3.66. The molecule has 0 aliphatic carbocycles. The van der Waals surface area contributed by atoms with Crippen LogP contribution in [-0.4, -0.2) is 57.2 Å². The van der Waals surface area contributed by atoms with E-state index in [1.165, 1.54) is 62.8 Å². The molecule has 0 spiro atoms. The fraction of sp³-hybridized carbons (Fsp3) is 1.00. The molecule has 2 aliphatic rings. The predicted molar refractivity (Wildman–Crippen MR) is 90.1 cm³/mol. The molecular formula is C12H23I2N3. The first-order valence-corrected chi connectivity index (χ1v) is 9.23. The molecule has 0 bridgehead atoms. The van der Waals surface area contributed by atoms with E-state index in [1.54, 1.807) is 0 Å². The highest BCUT2D eigenvalue weighted by atomic mass is 127. The van der Waals surface area contributed by atoms with Gasteiger partial charge in [-0.05, 0) is 38.8 Å². The molecule has 100 valence electrons. The van der Waals surface area contributed by atoms with Gasteiger partial charge in [0.25, 0.3) is 0 Å². The summed E-state index contributed by atoms with van der Waals surface area (Å²) in [6, 6.07) is 1.65. The van der Waals surface area contributed by atoms with Crippen LogP contribution in [0, 0.1) is 0 Å². The number of alkyl halides is 1. The van der Waals surface area contributed by atoms with Crippen LogP contribution in [0.1, 0.15) is 25.7 Å². The molecule has 2 heterocycles. The lowest BCUT2D eigenvalue weighted by atomic mass is 9.98. The third kappa shape index (κ3) is 4.74. The number of likely N-dealkylation sites (tertiary alicyclic amines) is 1. The van der Waals surface area contributed by atoms with Crippen molar-refractivity contribution in [2.75, 3.05) is 37.2 Å². The Hall–Kier alpha value is 1.34. The van der Waals surface area contributed by atoms with E-state index in [0.29, 0.717) is 0 Å². The molecule has 2 aliphatic heterocycles. The fourth-order valence-electron chi connectivity index (χ4n) is 2.93. The van der Waals surface area contributed by atoms with Gasteiger partial charge in [0.15, 0.2) is 0 Å². The Morgan fingerprint density at radius 2 is 1.65 bits per heavy atom. The number of hydrogen-bond acceptors (Lipinski definition) is 3. The number of nitrogens with zero attached hydrogens (tertiary/aromatic N) is 2. The molecule has 0 aromatic carbocycles. The topological polar surface area (TPSA) is 18.5 Å². The molecule has 3 nitrogen and oxygen atoms in total. The van der Waals surface area contributed by atoms with Gasteiger partial charge in [0, 0.05) is 59.0 Å². The molecule has 2 saturated heterocycles. The van der Waals surface area contributed by atoms with E-state index in [4.69, 9.17) is 0 Å². The third-order valence-electron chi connectivity index (χ3n) is 3.98. The molecule has 2 fully saturated rings. The first-order valence-electron chi connectivity index (χ1n) is 6.73. The van der Waals surface area contributed by atoms with Crippen LogP contribution in [0.3, 0.4) is 0 Å². The number of piperidine rings is 2. The van der Waals surface area contributed by atoms with Crippen molar-refractivity contribution in [2.45, 2.75) is 37.8 Å². The molecule has 0 aromatic heterocycles. The van der Waals surface area contributed by atoms with Crippen molar-refractivity contribution in [2.24, 2.45) is 0 Å². The number of rotatable bonds is 4. The van der Waals surface area contributed by atoms with E-state index >= 15 is 0 Å². The minimum Gasteiger partial charge on any atom is -0.313 e. The number of halogens is 2. The molecule has 2 rings (SSSR count). The molecule has 0 amide bonds. The summed E-state index contributed by atoms with van der Waals surface area (Å²) in [5, 5.41) is 3.66. The molecular weight excluding hydrogens is 440 g/mol. The SMILES string of the molecule is ICCNC1CCN(C2CCN(I)CC2)CC1. The molecule has 0 radical (unpaired) electrons. The Labute approximate surface area is 133 Å². The third-order valence-corrected chi connectivity index (χ3v) is 5.49. The second kappa shape index (κ2) is 7.81. The summed E-state index contributed by atoms with van der Waals surface area (Å²) < 4.78 is 3.66. The zero-order chi connectivity index (χ0) is 12.1. The zero-order valence-corrected chi connectivity index (χ0v) is 14.7. The van der Waals surface area contributed by atoms with Crippen molar-refractivity contribution in [3.05, 3.63) is 0 Å². The summed E-state index contributed by atoms with van der Waals surface area (Å²) in [4.78, 5) is 2.74. The van der Waals surface area contributed by atoms with Crippen LogP contribution in [0.5, 0.6) is 0 Å². The molecule has 0 atom stereocenters. The maximum absolute atomic E-state index is 3.66. The van der Waals surface area contributed by atoms with Gasteiger partial charge in [-0.15, -0.1) is 0 Å². The van der Waals surface area contributed by atoms with Crippen molar-refractivity contribution in [1.82, 2.24) is 13.3 Å². The molecule has 1 N–H and O–H groups in total. The second-order valence-electron chi connectivity index (χ2n) is 5.09. The summed E-state index contributed by atoms with van der Waals surface area (Å²) in [6.07, 6.45) is 5.44. The van der Waals surface area contributed by atoms with Crippen molar-refractivity contribution in [3.63, 3.8) is 0 Å². The Bertz CT molecular complexity index is 212. The van der Waals surface area contributed by atoms with Gasteiger partial charge in [-0.2, -0.15) is 0 Å². The quantitative estimate of drug-likeness (QED) is 0.393. The average molecular weight is 463 g/mol. The fourth-order valence-corrected chi connectivity index (χ4v) is 3.80.